The standard InChI is InChI=1S/C54H73N17O12/c1-7-61-45(73)34-26-31(15-19-41(34)80-3)66-49(77)38(11-8-22-62-52(55)56)70-47(75)36-28-33(17-21-43(36)82-5)68-51(79)40(13-10-24-64-54(59)60)71-48(76)37-27-32(16-20-44(37)83-6)67-50(78)39(12-9-23-63-53(57)58)69-46(74)35-25-30(65-29(2)72)14-18-42(35)81-4/h14-21,25-28,38-40H,7-13,22-24H2,1-6H3,(H,61,73)(H,65,72)(H,66,77)(H,67,78)(H,68,79)(H,69,74)(H,70,75)(H,71,76)(H4,55,56,62)(H4,57,58,63)(H4,59,60,64). The Morgan fingerprint density at radius 2 is 0.687 bits per heavy atom. The van der Waals surface area contributed by atoms with E-state index < -0.39 is 59.5 Å². The first-order valence-electron chi connectivity index (χ1n) is 26.0. The highest BCUT2D eigenvalue weighted by atomic mass is 16.5. The Balaban J connectivity index is 1.61. The van der Waals surface area contributed by atoms with Gasteiger partial charge in [-0.2, -0.15) is 0 Å². The van der Waals surface area contributed by atoms with Gasteiger partial charge in [0.2, 0.25) is 23.6 Å². The quantitative estimate of drug-likeness (QED) is 0.0192. The van der Waals surface area contributed by atoms with E-state index in [9.17, 15) is 38.4 Å². The van der Waals surface area contributed by atoms with E-state index in [4.69, 9.17) is 52.4 Å². The van der Waals surface area contributed by atoms with Gasteiger partial charge >= 0.3 is 0 Å². The Morgan fingerprint density at radius 1 is 0.422 bits per heavy atom. The predicted molar refractivity (Wildman–Crippen MR) is 311 cm³/mol. The number of amides is 8. The SMILES string of the molecule is CCNC(=O)c1cc(NC(=O)C(CCCNC(=N)N)NC(=O)c2cc(NC(=O)C(CCCNC(=N)N)NC(=O)c3cc(NC(=O)C(CCCNC(=N)N)NC(=O)c4cc(NC(C)=O)ccc4OC)ccc3OC)ccc2OC)ccc1OC. The fourth-order valence-electron chi connectivity index (χ4n) is 8.10. The number of nitrogens with one attached hydrogen (secondary N) is 14. The number of benzene rings is 4. The Labute approximate surface area is 478 Å². The van der Waals surface area contributed by atoms with Gasteiger partial charge in [-0.1, -0.05) is 0 Å². The van der Waals surface area contributed by atoms with Crippen LogP contribution in [0.25, 0.3) is 0 Å². The predicted octanol–water partition coefficient (Wildman–Crippen LogP) is 1.43. The second-order valence-electron chi connectivity index (χ2n) is 18.2. The van der Waals surface area contributed by atoms with E-state index in [1.54, 1.807) is 6.92 Å². The third-order valence-corrected chi connectivity index (χ3v) is 12.1. The van der Waals surface area contributed by atoms with Crippen LogP contribution in [0.5, 0.6) is 23.0 Å². The maximum atomic E-state index is 14.3. The molecule has 0 bridgehead atoms. The van der Waals surface area contributed by atoms with Crippen LogP contribution >= 0.6 is 0 Å². The number of carbonyl (C=O) groups is 8. The number of guanidine groups is 3. The lowest BCUT2D eigenvalue weighted by Crippen LogP contribution is -2.45. The molecule has 29 heteroatoms. The maximum absolute atomic E-state index is 14.3. The van der Waals surface area contributed by atoms with E-state index in [2.05, 4.69) is 58.5 Å². The van der Waals surface area contributed by atoms with Gasteiger partial charge in [-0.3, -0.25) is 54.6 Å². The summed E-state index contributed by atoms with van der Waals surface area (Å²) in [5, 5.41) is 52.2. The number of ether oxygens (including phenoxy) is 4. The van der Waals surface area contributed by atoms with Crippen molar-refractivity contribution in [1.82, 2.24) is 37.2 Å². The number of rotatable bonds is 31. The molecule has 0 spiro atoms. The van der Waals surface area contributed by atoms with E-state index >= 15 is 0 Å². The van der Waals surface area contributed by atoms with Crippen LogP contribution in [0.4, 0.5) is 22.7 Å². The van der Waals surface area contributed by atoms with Crippen LogP contribution in [0.2, 0.25) is 0 Å². The molecular formula is C54H73N17O12. The van der Waals surface area contributed by atoms with Crippen molar-refractivity contribution < 1.29 is 57.3 Å². The van der Waals surface area contributed by atoms with Crippen LogP contribution in [-0.4, -0.2) is 138 Å². The smallest absolute Gasteiger partial charge is 0.255 e. The molecule has 4 aromatic rings. The summed E-state index contributed by atoms with van der Waals surface area (Å²) >= 11 is 0. The molecule has 0 saturated carbocycles. The zero-order chi connectivity index (χ0) is 61.2. The average molecular weight is 1150 g/mol. The molecule has 4 rings (SSSR count). The van der Waals surface area contributed by atoms with Gasteiger partial charge in [-0.05, 0) is 118 Å². The molecule has 0 aliphatic rings. The highest BCUT2D eigenvalue weighted by Gasteiger charge is 2.29. The fourth-order valence-corrected chi connectivity index (χ4v) is 8.10. The lowest BCUT2D eigenvalue weighted by atomic mass is 10.1. The third kappa shape index (κ3) is 20.7. The summed E-state index contributed by atoms with van der Waals surface area (Å²) < 4.78 is 21.7. The largest absolute Gasteiger partial charge is 0.496 e. The van der Waals surface area contributed by atoms with Crippen molar-refractivity contribution in [3.8, 4) is 23.0 Å². The van der Waals surface area contributed by atoms with Crippen LogP contribution in [0.3, 0.4) is 0 Å². The summed E-state index contributed by atoms with van der Waals surface area (Å²) in [4.78, 5) is 109. The van der Waals surface area contributed by atoms with Crippen LogP contribution in [-0.2, 0) is 19.2 Å². The molecule has 0 saturated heterocycles. The van der Waals surface area contributed by atoms with Crippen molar-refractivity contribution in [1.29, 1.82) is 16.2 Å². The molecule has 446 valence electrons. The van der Waals surface area contributed by atoms with Crippen LogP contribution in [0.15, 0.2) is 72.8 Å². The van der Waals surface area contributed by atoms with E-state index in [1.807, 2.05) is 0 Å². The van der Waals surface area contributed by atoms with Crippen molar-refractivity contribution in [3.05, 3.63) is 95.1 Å². The van der Waals surface area contributed by atoms with Crippen molar-refractivity contribution in [2.24, 2.45) is 17.2 Å². The van der Waals surface area contributed by atoms with Crippen LogP contribution in [0, 0.1) is 16.2 Å². The Hall–Kier alpha value is -10.4. The summed E-state index contributed by atoms with van der Waals surface area (Å²) in [5.74, 6) is -5.68. The molecular weight excluding hydrogens is 1080 g/mol. The summed E-state index contributed by atoms with van der Waals surface area (Å²) in [6.07, 6.45) is 0.783. The van der Waals surface area contributed by atoms with Crippen molar-refractivity contribution in [2.75, 3.05) is 75.9 Å². The van der Waals surface area contributed by atoms with Gasteiger partial charge < -0.3 is 94.6 Å². The summed E-state index contributed by atoms with van der Waals surface area (Å²) in [6, 6.07) is 13.5. The lowest BCUT2D eigenvalue weighted by molar-refractivity contribution is -0.118. The number of hydrogen-bond donors (Lipinski definition) is 17. The Kier molecular flexibility index (Phi) is 25.6. The van der Waals surface area contributed by atoms with Gasteiger partial charge in [0.1, 0.15) is 41.1 Å². The van der Waals surface area contributed by atoms with Crippen molar-refractivity contribution >= 4 is 87.9 Å². The molecule has 3 atom stereocenters. The van der Waals surface area contributed by atoms with Crippen molar-refractivity contribution in [2.45, 2.75) is 70.5 Å². The third-order valence-electron chi connectivity index (χ3n) is 12.1. The molecule has 4 aromatic carbocycles. The molecule has 3 unspecified atom stereocenters. The first kappa shape index (κ1) is 65.2. The number of carbonyl (C=O) groups excluding carboxylic acids is 8. The highest BCUT2D eigenvalue weighted by molar-refractivity contribution is 6.07. The first-order chi connectivity index (χ1) is 39.6. The molecule has 20 N–H and O–H groups in total. The Morgan fingerprint density at radius 3 is 0.928 bits per heavy atom. The minimum absolute atomic E-state index is 0.00979. The highest BCUT2D eigenvalue weighted by Crippen LogP contribution is 2.28. The number of hydrogen-bond acceptors (Lipinski definition) is 15. The summed E-state index contributed by atoms with van der Waals surface area (Å²) in [6.45, 7) is 3.88. The number of anilines is 4. The van der Waals surface area contributed by atoms with Crippen LogP contribution < -0.4 is 94.6 Å². The van der Waals surface area contributed by atoms with Crippen molar-refractivity contribution in [3.63, 3.8) is 0 Å². The van der Waals surface area contributed by atoms with Gasteiger partial charge in [0, 0.05) is 55.9 Å². The molecule has 83 heavy (non-hydrogen) atoms. The maximum Gasteiger partial charge on any atom is 0.255 e. The second kappa shape index (κ2) is 32.7. The molecule has 0 aromatic heterocycles. The van der Waals surface area contributed by atoms with E-state index in [-0.39, 0.29) is 144 Å². The molecule has 0 heterocycles. The minimum atomic E-state index is -1.30. The van der Waals surface area contributed by atoms with E-state index in [0.717, 1.165) is 0 Å². The first-order valence-corrected chi connectivity index (χ1v) is 26.0. The van der Waals surface area contributed by atoms with Gasteiger partial charge in [0.25, 0.3) is 23.6 Å². The van der Waals surface area contributed by atoms with Gasteiger partial charge in [-0.15, -0.1) is 0 Å². The average Bonchev–Trinajstić information content (AvgIpc) is 3.50. The van der Waals surface area contributed by atoms with Gasteiger partial charge in [-0.25, -0.2) is 0 Å². The topological polar surface area (TPSA) is 455 Å². The van der Waals surface area contributed by atoms with Gasteiger partial charge in [0.05, 0.1) is 50.7 Å². The van der Waals surface area contributed by atoms with E-state index in [1.165, 1.54) is 108 Å². The minimum Gasteiger partial charge on any atom is -0.496 e. The molecule has 0 aliphatic carbocycles. The fraction of sp³-hybridized carbons (Fsp3) is 0.352. The van der Waals surface area contributed by atoms with Gasteiger partial charge in [0.15, 0.2) is 17.9 Å². The van der Waals surface area contributed by atoms with E-state index in [0.29, 0.717) is 12.2 Å². The Bertz CT molecular complexity index is 3030. The molecule has 8 amide bonds. The molecule has 0 radical (unpaired) electrons. The lowest BCUT2D eigenvalue weighted by Gasteiger charge is -2.22. The molecule has 29 nitrogen and oxygen atoms in total. The molecule has 0 fully saturated rings. The summed E-state index contributed by atoms with van der Waals surface area (Å²) in [5.41, 5.74) is 17.0. The number of nitrogens with two attached hydrogens (primary N) is 3. The second-order valence-corrected chi connectivity index (χ2v) is 18.2. The van der Waals surface area contributed by atoms with Crippen LogP contribution in [0.1, 0.15) is 93.8 Å². The zero-order valence-electron chi connectivity index (χ0n) is 46.9. The normalized spacial score (nSPS) is 11.5. The zero-order valence-corrected chi connectivity index (χ0v) is 46.9. The number of methoxy groups -OCH3 is 4. The summed E-state index contributed by atoms with van der Waals surface area (Å²) in [7, 11) is 5.37. The molecule has 0 aliphatic heterocycles. The monoisotopic (exact) mass is 1150 g/mol.